The summed E-state index contributed by atoms with van der Waals surface area (Å²) < 4.78 is 0. The van der Waals surface area contributed by atoms with Crippen LogP contribution in [0.1, 0.15) is 47.0 Å². The molecule has 5 nitrogen and oxygen atoms in total. The number of rotatable bonds is 5. The zero-order valence-corrected chi connectivity index (χ0v) is 15.1. The first kappa shape index (κ1) is 17.2. The van der Waals surface area contributed by atoms with Gasteiger partial charge < -0.3 is 4.90 Å². The smallest absolute Gasteiger partial charge is 0.245 e. The van der Waals surface area contributed by atoms with Crippen LogP contribution < -0.4 is 0 Å². The molecule has 3 amide bonds. The zero-order valence-electron chi connectivity index (χ0n) is 15.1. The van der Waals surface area contributed by atoms with Gasteiger partial charge in [-0.1, -0.05) is 19.1 Å². The summed E-state index contributed by atoms with van der Waals surface area (Å²) in [4.78, 5) is 41.4. The van der Waals surface area contributed by atoms with E-state index in [0.29, 0.717) is 24.7 Å². The fourth-order valence-corrected chi connectivity index (χ4v) is 4.02. The normalized spacial score (nSPS) is 33.0. The molecule has 1 saturated heterocycles. The lowest BCUT2D eigenvalue weighted by atomic mass is 9.85. The standard InChI is InChI=1S/C19H28N2O3/c1-11(2)20(10-14-9-12(14)3)17(22)13(4)21-18(23)15-7-5-6-8-16(15)19(21)24/h5-6,11-16H,7-10H2,1-4H3/t12-,13+,14-,15-,16+/m1/s1. The van der Waals surface area contributed by atoms with Crippen molar-refractivity contribution in [2.24, 2.45) is 23.7 Å². The van der Waals surface area contributed by atoms with Gasteiger partial charge in [-0.15, -0.1) is 0 Å². The molecule has 1 heterocycles. The summed E-state index contributed by atoms with van der Waals surface area (Å²) in [5.41, 5.74) is 0. The second-order valence-corrected chi connectivity index (χ2v) is 7.94. The molecule has 2 aliphatic carbocycles. The van der Waals surface area contributed by atoms with E-state index in [4.69, 9.17) is 0 Å². The summed E-state index contributed by atoms with van der Waals surface area (Å²) in [6.07, 6.45) is 6.32. The number of likely N-dealkylation sites (tertiary alicyclic amines) is 1. The summed E-state index contributed by atoms with van der Waals surface area (Å²) in [5.74, 6) is 0.246. The number of carbonyl (C=O) groups excluding carboxylic acids is 3. The number of amides is 3. The van der Waals surface area contributed by atoms with Crippen LogP contribution in [0.5, 0.6) is 0 Å². The molecule has 5 atom stereocenters. The SMILES string of the molecule is CC(C)N(C[C@H]1C[C@H]1C)C(=O)[C@H](C)N1C(=O)[C@H]2CC=CC[C@H]2C1=O. The van der Waals surface area contributed by atoms with E-state index in [1.54, 1.807) is 6.92 Å². The minimum atomic E-state index is -0.702. The third-order valence-electron chi connectivity index (χ3n) is 5.90. The number of nitrogens with zero attached hydrogens (tertiary/aromatic N) is 2. The van der Waals surface area contributed by atoms with Gasteiger partial charge in [0.1, 0.15) is 6.04 Å². The van der Waals surface area contributed by atoms with E-state index in [2.05, 4.69) is 6.92 Å². The highest BCUT2D eigenvalue weighted by Crippen LogP contribution is 2.39. The Bertz CT molecular complexity index is 557. The highest BCUT2D eigenvalue weighted by atomic mass is 16.2. The fraction of sp³-hybridized carbons (Fsp3) is 0.737. The first-order valence-electron chi connectivity index (χ1n) is 9.15. The van der Waals surface area contributed by atoms with Crippen molar-refractivity contribution in [3.8, 4) is 0 Å². The molecule has 0 aromatic heterocycles. The molecule has 0 aromatic rings. The number of fused-ring (bicyclic) bond motifs is 1. The summed E-state index contributed by atoms with van der Waals surface area (Å²) in [7, 11) is 0. The molecule has 1 saturated carbocycles. The average molecular weight is 332 g/mol. The molecule has 24 heavy (non-hydrogen) atoms. The quantitative estimate of drug-likeness (QED) is 0.573. The maximum Gasteiger partial charge on any atom is 0.245 e. The van der Waals surface area contributed by atoms with E-state index in [9.17, 15) is 14.4 Å². The van der Waals surface area contributed by atoms with E-state index in [1.165, 1.54) is 4.90 Å². The van der Waals surface area contributed by atoms with Gasteiger partial charge in [0.15, 0.2) is 0 Å². The Labute approximate surface area is 144 Å². The number of carbonyl (C=O) groups is 3. The molecule has 0 unspecified atom stereocenters. The molecule has 0 N–H and O–H groups in total. The largest absolute Gasteiger partial charge is 0.338 e. The Morgan fingerprint density at radius 1 is 1.17 bits per heavy atom. The molecule has 0 bridgehead atoms. The third kappa shape index (κ3) is 2.89. The first-order chi connectivity index (χ1) is 11.3. The first-order valence-corrected chi connectivity index (χ1v) is 9.15. The van der Waals surface area contributed by atoms with E-state index in [0.717, 1.165) is 13.0 Å². The maximum absolute atomic E-state index is 13.0. The van der Waals surface area contributed by atoms with Crippen molar-refractivity contribution >= 4 is 17.7 Å². The molecule has 132 valence electrons. The number of imide groups is 1. The van der Waals surface area contributed by atoms with Crippen molar-refractivity contribution in [3.05, 3.63) is 12.2 Å². The van der Waals surface area contributed by atoms with Crippen LogP contribution in [-0.2, 0) is 14.4 Å². The summed E-state index contributed by atoms with van der Waals surface area (Å²) in [6.45, 7) is 8.62. The lowest BCUT2D eigenvalue weighted by molar-refractivity contribution is -0.151. The molecule has 5 heteroatoms. The molecular formula is C19H28N2O3. The summed E-state index contributed by atoms with van der Waals surface area (Å²) in [5, 5.41) is 0. The van der Waals surface area contributed by atoms with Crippen LogP contribution >= 0.6 is 0 Å². The van der Waals surface area contributed by atoms with Gasteiger partial charge in [-0.3, -0.25) is 19.3 Å². The second kappa shape index (κ2) is 6.34. The highest BCUT2D eigenvalue weighted by molar-refractivity contribution is 6.08. The van der Waals surface area contributed by atoms with Gasteiger partial charge in [0.05, 0.1) is 11.8 Å². The van der Waals surface area contributed by atoms with E-state index >= 15 is 0 Å². The van der Waals surface area contributed by atoms with Gasteiger partial charge in [0.25, 0.3) is 0 Å². The van der Waals surface area contributed by atoms with E-state index < -0.39 is 6.04 Å². The fourth-order valence-electron chi connectivity index (χ4n) is 4.02. The average Bonchev–Trinajstić information content (AvgIpc) is 3.19. The number of allylic oxidation sites excluding steroid dienone is 2. The van der Waals surface area contributed by atoms with Crippen LogP contribution in [0, 0.1) is 23.7 Å². The van der Waals surface area contributed by atoms with Gasteiger partial charge in [-0.2, -0.15) is 0 Å². The molecule has 3 rings (SSSR count). The number of hydrogen-bond acceptors (Lipinski definition) is 3. The third-order valence-corrected chi connectivity index (χ3v) is 5.90. The van der Waals surface area contributed by atoms with E-state index in [-0.39, 0.29) is 35.6 Å². The minimum absolute atomic E-state index is 0.0736. The minimum Gasteiger partial charge on any atom is -0.338 e. The Balaban J connectivity index is 1.74. The lowest BCUT2D eigenvalue weighted by Crippen LogP contribution is -2.52. The van der Waals surface area contributed by atoms with Crippen LogP contribution in [0.3, 0.4) is 0 Å². The van der Waals surface area contributed by atoms with Crippen molar-refractivity contribution in [2.75, 3.05) is 6.54 Å². The second-order valence-electron chi connectivity index (χ2n) is 7.94. The topological polar surface area (TPSA) is 57.7 Å². The van der Waals surface area contributed by atoms with Gasteiger partial charge >= 0.3 is 0 Å². The molecule has 0 spiro atoms. The van der Waals surface area contributed by atoms with Crippen LogP contribution in [0.15, 0.2) is 12.2 Å². The maximum atomic E-state index is 13.0. The Morgan fingerprint density at radius 2 is 1.67 bits per heavy atom. The monoisotopic (exact) mass is 332 g/mol. The van der Waals surface area contributed by atoms with Crippen LogP contribution in [0.2, 0.25) is 0 Å². The van der Waals surface area contributed by atoms with Crippen LogP contribution in [-0.4, -0.2) is 46.1 Å². The van der Waals surface area contributed by atoms with Crippen molar-refractivity contribution in [1.29, 1.82) is 0 Å². The molecular weight excluding hydrogens is 304 g/mol. The predicted molar refractivity (Wildman–Crippen MR) is 90.8 cm³/mol. The Hall–Kier alpha value is -1.65. The van der Waals surface area contributed by atoms with Gasteiger partial charge in [-0.05, 0) is 51.9 Å². The van der Waals surface area contributed by atoms with Crippen molar-refractivity contribution in [2.45, 2.75) is 59.0 Å². The summed E-state index contributed by atoms with van der Waals surface area (Å²) in [6, 6.07) is -0.628. The van der Waals surface area contributed by atoms with Crippen LogP contribution in [0.4, 0.5) is 0 Å². The molecule has 1 aliphatic heterocycles. The van der Waals surface area contributed by atoms with E-state index in [1.807, 2.05) is 30.9 Å². The van der Waals surface area contributed by atoms with Crippen molar-refractivity contribution < 1.29 is 14.4 Å². The summed E-state index contributed by atoms with van der Waals surface area (Å²) >= 11 is 0. The predicted octanol–water partition coefficient (Wildman–Crippen LogP) is 2.22. The van der Waals surface area contributed by atoms with Gasteiger partial charge in [-0.25, -0.2) is 0 Å². The van der Waals surface area contributed by atoms with Crippen LogP contribution in [0.25, 0.3) is 0 Å². The van der Waals surface area contributed by atoms with Gasteiger partial charge in [0, 0.05) is 12.6 Å². The molecule has 0 radical (unpaired) electrons. The van der Waals surface area contributed by atoms with Gasteiger partial charge in [0.2, 0.25) is 17.7 Å². The van der Waals surface area contributed by atoms with Crippen molar-refractivity contribution in [3.63, 3.8) is 0 Å². The lowest BCUT2D eigenvalue weighted by Gasteiger charge is -2.32. The molecule has 3 aliphatic rings. The number of hydrogen-bond donors (Lipinski definition) is 0. The molecule has 2 fully saturated rings. The highest BCUT2D eigenvalue weighted by Gasteiger charge is 2.51. The Morgan fingerprint density at radius 3 is 2.08 bits per heavy atom. The Kier molecular flexibility index (Phi) is 4.54. The van der Waals surface area contributed by atoms with Crippen molar-refractivity contribution in [1.82, 2.24) is 9.80 Å². The molecule has 0 aromatic carbocycles. The zero-order chi connectivity index (χ0) is 17.6.